The third kappa shape index (κ3) is 3.80. The number of fused-ring (bicyclic) bond motifs is 1. The number of carbonyl (C=O) groups is 1. The van der Waals surface area contributed by atoms with Gasteiger partial charge in [-0.2, -0.15) is 0 Å². The fourth-order valence-corrected chi connectivity index (χ4v) is 4.34. The molecule has 1 amide bonds. The van der Waals surface area contributed by atoms with Crippen molar-refractivity contribution < 1.29 is 4.79 Å². The molecule has 3 heterocycles. The van der Waals surface area contributed by atoms with E-state index >= 15 is 0 Å². The number of nitrogens with zero attached hydrogens (tertiary/aromatic N) is 4. The Morgan fingerprint density at radius 1 is 0.875 bits per heavy atom. The number of rotatable bonds is 3. The summed E-state index contributed by atoms with van der Waals surface area (Å²) in [5, 5.41) is 0. The Hall–Kier alpha value is -3.44. The van der Waals surface area contributed by atoms with Crippen molar-refractivity contribution in [2.75, 3.05) is 33.2 Å². The summed E-state index contributed by atoms with van der Waals surface area (Å²) in [6.07, 6.45) is 4.09. The molecule has 1 fully saturated rings. The molecule has 0 atom stereocenters. The Kier molecular flexibility index (Phi) is 5.27. The molecule has 5 rings (SSSR count). The third-order valence-corrected chi connectivity index (χ3v) is 6.43. The zero-order valence-electron chi connectivity index (χ0n) is 18.9. The SMILES string of the molecule is Cc1ccc(-c2cnc3cc(C)c(-c4ccc(C(=O)N5CCN(C)CC5)cc4)cn23)cc1. The van der Waals surface area contributed by atoms with Crippen LogP contribution in [0.15, 0.2) is 67.0 Å². The molecule has 0 unspecified atom stereocenters. The van der Waals surface area contributed by atoms with Crippen molar-refractivity contribution in [3.63, 3.8) is 0 Å². The van der Waals surface area contributed by atoms with Crippen LogP contribution in [0.1, 0.15) is 21.5 Å². The van der Waals surface area contributed by atoms with E-state index in [-0.39, 0.29) is 5.91 Å². The Morgan fingerprint density at radius 2 is 1.53 bits per heavy atom. The first-order valence-electron chi connectivity index (χ1n) is 11.1. The highest BCUT2D eigenvalue weighted by molar-refractivity contribution is 5.95. The van der Waals surface area contributed by atoms with Crippen molar-refractivity contribution in [1.82, 2.24) is 19.2 Å². The maximum Gasteiger partial charge on any atom is 0.253 e. The average molecular weight is 425 g/mol. The molecule has 162 valence electrons. The summed E-state index contributed by atoms with van der Waals surface area (Å²) in [4.78, 5) is 21.7. The summed E-state index contributed by atoms with van der Waals surface area (Å²) in [6, 6.07) is 18.7. The molecule has 1 saturated heterocycles. The van der Waals surface area contributed by atoms with Crippen LogP contribution in [0.4, 0.5) is 0 Å². The third-order valence-electron chi connectivity index (χ3n) is 6.43. The second-order valence-corrected chi connectivity index (χ2v) is 8.78. The molecule has 0 aliphatic carbocycles. The van der Waals surface area contributed by atoms with E-state index < -0.39 is 0 Å². The van der Waals surface area contributed by atoms with Crippen LogP contribution in [0.25, 0.3) is 28.0 Å². The highest BCUT2D eigenvalue weighted by Crippen LogP contribution is 2.28. The smallest absolute Gasteiger partial charge is 0.253 e. The van der Waals surface area contributed by atoms with Gasteiger partial charge in [0.25, 0.3) is 5.91 Å². The van der Waals surface area contributed by atoms with Crippen LogP contribution in [-0.2, 0) is 0 Å². The average Bonchev–Trinajstić information content (AvgIpc) is 3.22. The summed E-state index contributed by atoms with van der Waals surface area (Å²) in [5.74, 6) is 0.119. The van der Waals surface area contributed by atoms with Gasteiger partial charge in [0.1, 0.15) is 5.65 Å². The lowest BCUT2D eigenvalue weighted by molar-refractivity contribution is 0.0664. The lowest BCUT2D eigenvalue weighted by Crippen LogP contribution is -2.47. The maximum absolute atomic E-state index is 12.9. The van der Waals surface area contributed by atoms with Crippen molar-refractivity contribution >= 4 is 11.6 Å². The number of carbonyl (C=O) groups excluding carboxylic acids is 1. The van der Waals surface area contributed by atoms with Crippen LogP contribution in [0.3, 0.4) is 0 Å². The minimum atomic E-state index is 0.119. The van der Waals surface area contributed by atoms with E-state index in [1.165, 1.54) is 5.56 Å². The predicted molar refractivity (Wildman–Crippen MR) is 129 cm³/mol. The second-order valence-electron chi connectivity index (χ2n) is 8.78. The summed E-state index contributed by atoms with van der Waals surface area (Å²) in [7, 11) is 2.10. The van der Waals surface area contributed by atoms with Crippen LogP contribution < -0.4 is 0 Å². The molecule has 0 bridgehead atoms. The van der Waals surface area contributed by atoms with Crippen LogP contribution in [-0.4, -0.2) is 58.3 Å². The molecule has 5 nitrogen and oxygen atoms in total. The van der Waals surface area contributed by atoms with Gasteiger partial charge in [0.15, 0.2) is 0 Å². The molecular formula is C27H28N4O. The molecule has 1 aliphatic rings. The number of hydrogen-bond donors (Lipinski definition) is 0. The molecule has 32 heavy (non-hydrogen) atoms. The Bertz CT molecular complexity index is 1260. The Morgan fingerprint density at radius 3 is 2.22 bits per heavy atom. The molecule has 1 aliphatic heterocycles. The molecule has 0 N–H and O–H groups in total. The molecule has 2 aromatic carbocycles. The van der Waals surface area contributed by atoms with Gasteiger partial charge in [-0.15, -0.1) is 0 Å². The van der Waals surface area contributed by atoms with E-state index in [2.05, 4.69) is 83.8 Å². The van der Waals surface area contributed by atoms with Crippen molar-refractivity contribution in [2.45, 2.75) is 13.8 Å². The lowest BCUT2D eigenvalue weighted by atomic mass is 10.0. The standard InChI is InChI=1S/C27H28N4O/c1-19-4-6-22(7-5-19)25-17-28-26-16-20(2)24(18-31(25)26)21-8-10-23(11-9-21)27(32)30-14-12-29(3)13-15-30/h4-11,16-18H,12-15H2,1-3H3. The fourth-order valence-electron chi connectivity index (χ4n) is 4.34. The van der Waals surface area contributed by atoms with Crippen molar-refractivity contribution in [3.8, 4) is 22.4 Å². The fraction of sp³-hybridized carbons (Fsp3) is 0.259. The van der Waals surface area contributed by atoms with Gasteiger partial charge in [-0.1, -0.05) is 42.0 Å². The van der Waals surface area contributed by atoms with Crippen LogP contribution in [0, 0.1) is 13.8 Å². The molecule has 5 heteroatoms. The summed E-state index contributed by atoms with van der Waals surface area (Å²) >= 11 is 0. The monoisotopic (exact) mass is 424 g/mol. The summed E-state index contributed by atoms with van der Waals surface area (Å²) < 4.78 is 2.15. The lowest BCUT2D eigenvalue weighted by Gasteiger charge is -2.32. The number of benzene rings is 2. The maximum atomic E-state index is 12.9. The van der Waals surface area contributed by atoms with Gasteiger partial charge >= 0.3 is 0 Å². The molecule has 0 radical (unpaired) electrons. The van der Waals surface area contributed by atoms with Gasteiger partial charge in [0, 0.05) is 49.1 Å². The van der Waals surface area contributed by atoms with Gasteiger partial charge < -0.3 is 9.80 Å². The van der Waals surface area contributed by atoms with Crippen LogP contribution in [0.5, 0.6) is 0 Å². The number of aromatic nitrogens is 2. The van der Waals surface area contributed by atoms with E-state index in [9.17, 15) is 4.79 Å². The quantitative estimate of drug-likeness (QED) is 0.480. The van der Waals surface area contributed by atoms with Gasteiger partial charge in [-0.25, -0.2) is 4.98 Å². The number of piperazine rings is 1. The predicted octanol–water partition coefficient (Wildman–Crippen LogP) is 4.67. The van der Waals surface area contributed by atoms with Gasteiger partial charge in [0.05, 0.1) is 11.9 Å². The minimum Gasteiger partial charge on any atom is -0.336 e. The van der Waals surface area contributed by atoms with Gasteiger partial charge in [-0.3, -0.25) is 9.20 Å². The van der Waals surface area contributed by atoms with E-state index in [1.807, 2.05) is 23.2 Å². The second kappa shape index (κ2) is 8.24. The first-order valence-corrected chi connectivity index (χ1v) is 11.1. The zero-order chi connectivity index (χ0) is 22.2. The highest BCUT2D eigenvalue weighted by atomic mass is 16.2. The van der Waals surface area contributed by atoms with Gasteiger partial charge in [-0.05, 0) is 50.2 Å². The topological polar surface area (TPSA) is 40.9 Å². The van der Waals surface area contributed by atoms with E-state index in [0.29, 0.717) is 0 Å². The molecule has 2 aromatic heterocycles. The normalized spacial score (nSPS) is 14.8. The van der Waals surface area contributed by atoms with E-state index in [4.69, 9.17) is 0 Å². The number of aryl methyl sites for hydroxylation is 2. The van der Waals surface area contributed by atoms with Crippen LogP contribution >= 0.6 is 0 Å². The van der Waals surface area contributed by atoms with E-state index in [0.717, 1.165) is 65.3 Å². The zero-order valence-corrected chi connectivity index (χ0v) is 18.9. The Balaban J connectivity index is 1.46. The summed E-state index contributed by atoms with van der Waals surface area (Å²) in [6.45, 7) is 7.63. The first kappa shape index (κ1) is 20.5. The molecule has 0 spiro atoms. The van der Waals surface area contributed by atoms with Crippen LogP contribution in [0.2, 0.25) is 0 Å². The van der Waals surface area contributed by atoms with Gasteiger partial charge in [0.2, 0.25) is 0 Å². The minimum absolute atomic E-state index is 0.119. The largest absolute Gasteiger partial charge is 0.336 e. The first-order chi connectivity index (χ1) is 15.5. The number of imidazole rings is 1. The van der Waals surface area contributed by atoms with Crippen molar-refractivity contribution in [1.29, 1.82) is 0 Å². The number of amides is 1. The molecule has 0 saturated carbocycles. The number of hydrogen-bond acceptors (Lipinski definition) is 3. The number of likely N-dealkylation sites (N-methyl/N-ethyl adjacent to an activating group) is 1. The molecular weight excluding hydrogens is 396 g/mol. The van der Waals surface area contributed by atoms with Crippen molar-refractivity contribution in [3.05, 3.63) is 83.7 Å². The molecule has 4 aromatic rings. The Labute approximate surface area is 188 Å². The summed E-state index contributed by atoms with van der Waals surface area (Å²) in [5.41, 5.74) is 8.55. The van der Waals surface area contributed by atoms with E-state index in [1.54, 1.807) is 0 Å². The number of pyridine rings is 1. The van der Waals surface area contributed by atoms with Crippen molar-refractivity contribution in [2.24, 2.45) is 0 Å². The highest BCUT2D eigenvalue weighted by Gasteiger charge is 2.20.